The van der Waals surface area contributed by atoms with Gasteiger partial charge in [-0.25, -0.2) is 4.98 Å². The van der Waals surface area contributed by atoms with Crippen LogP contribution in [0.25, 0.3) is 0 Å². The van der Waals surface area contributed by atoms with Crippen LogP contribution in [0.3, 0.4) is 0 Å². The Morgan fingerprint density at radius 1 is 1.36 bits per heavy atom. The van der Waals surface area contributed by atoms with E-state index >= 15 is 0 Å². The van der Waals surface area contributed by atoms with Gasteiger partial charge in [-0.05, 0) is 25.5 Å². The van der Waals surface area contributed by atoms with Gasteiger partial charge in [-0.3, -0.25) is 0 Å². The van der Waals surface area contributed by atoms with Crippen LogP contribution < -0.4 is 10.6 Å². The van der Waals surface area contributed by atoms with Crippen LogP contribution in [0.15, 0.2) is 18.3 Å². The summed E-state index contributed by atoms with van der Waals surface area (Å²) in [5.41, 5.74) is 1.03. The molecule has 1 rings (SSSR count). The lowest BCUT2D eigenvalue weighted by Crippen LogP contribution is -2.05. The second-order valence-corrected chi connectivity index (χ2v) is 2.97. The Hall–Kier alpha value is -1.29. The first-order chi connectivity index (χ1) is 6.86. The molecule has 0 fully saturated rings. The molecule has 0 aromatic carbocycles. The number of rotatable bonds is 6. The van der Waals surface area contributed by atoms with Crippen molar-refractivity contribution in [3.05, 3.63) is 18.3 Å². The van der Waals surface area contributed by atoms with Gasteiger partial charge in [-0.1, -0.05) is 0 Å². The number of pyridine rings is 1. The second-order valence-electron chi connectivity index (χ2n) is 2.97. The van der Waals surface area contributed by atoms with Crippen LogP contribution in [-0.4, -0.2) is 29.8 Å². The number of anilines is 2. The highest BCUT2D eigenvalue weighted by Crippen LogP contribution is 2.08. The summed E-state index contributed by atoms with van der Waals surface area (Å²) in [5, 5.41) is 14.9. The zero-order valence-electron chi connectivity index (χ0n) is 8.45. The number of aliphatic hydroxyl groups excluding tert-OH is 1. The quantitative estimate of drug-likeness (QED) is 0.599. The topological polar surface area (TPSA) is 57.2 Å². The molecule has 3 N–H and O–H groups in total. The largest absolute Gasteiger partial charge is 0.396 e. The molecule has 4 heteroatoms. The average Bonchev–Trinajstić information content (AvgIpc) is 2.21. The van der Waals surface area contributed by atoms with Crippen LogP contribution >= 0.6 is 0 Å². The maximum Gasteiger partial charge on any atom is 0.126 e. The second kappa shape index (κ2) is 6.21. The van der Waals surface area contributed by atoms with E-state index in [1.807, 2.05) is 19.1 Å². The van der Waals surface area contributed by atoms with E-state index in [9.17, 15) is 0 Å². The van der Waals surface area contributed by atoms with Crippen molar-refractivity contribution in [3.63, 3.8) is 0 Å². The smallest absolute Gasteiger partial charge is 0.126 e. The van der Waals surface area contributed by atoms with Crippen LogP contribution in [0.1, 0.15) is 13.3 Å². The molecule has 0 amide bonds. The summed E-state index contributed by atoms with van der Waals surface area (Å²) in [6.07, 6.45) is 2.54. The van der Waals surface area contributed by atoms with Gasteiger partial charge in [0.05, 0.1) is 11.9 Å². The highest BCUT2D eigenvalue weighted by molar-refractivity contribution is 5.46. The van der Waals surface area contributed by atoms with Gasteiger partial charge >= 0.3 is 0 Å². The van der Waals surface area contributed by atoms with Gasteiger partial charge in [-0.15, -0.1) is 0 Å². The Morgan fingerprint density at radius 3 is 2.79 bits per heavy atom. The molecule has 0 spiro atoms. The fraction of sp³-hybridized carbons (Fsp3) is 0.500. The molecule has 4 nitrogen and oxygen atoms in total. The monoisotopic (exact) mass is 195 g/mol. The van der Waals surface area contributed by atoms with E-state index in [-0.39, 0.29) is 6.61 Å². The minimum atomic E-state index is 0.211. The molecule has 14 heavy (non-hydrogen) atoms. The minimum Gasteiger partial charge on any atom is -0.396 e. The highest BCUT2D eigenvalue weighted by Gasteiger charge is 1.93. The van der Waals surface area contributed by atoms with Crippen molar-refractivity contribution in [1.82, 2.24) is 4.98 Å². The number of hydrogen-bond donors (Lipinski definition) is 3. The van der Waals surface area contributed by atoms with Crippen LogP contribution in [0.5, 0.6) is 0 Å². The maximum atomic E-state index is 8.59. The van der Waals surface area contributed by atoms with E-state index in [2.05, 4.69) is 15.6 Å². The normalized spacial score (nSPS) is 9.86. The van der Waals surface area contributed by atoms with Crippen molar-refractivity contribution >= 4 is 11.5 Å². The van der Waals surface area contributed by atoms with Crippen molar-refractivity contribution < 1.29 is 5.11 Å². The molecule has 1 aromatic heterocycles. The van der Waals surface area contributed by atoms with E-state index in [0.717, 1.165) is 31.0 Å². The van der Waals surface area contributed by atoms with Gasteiger partial charge < -0.3 is 15.7 Å². The lowest BCUT2D eigenvalue weighted by molar-refractivity contribution is 0.292. The molecule has 0 radical (unpaired) electrons. The summed E-state index contributed by atoms with van der Waals surface area (Å²) < 4.78 is 0. The standard InChI is InChI=1S/C10H17N3O/c1-2-11-9-4-5-10(13-8-9)12-6-3-7-14/h4-5,8,11,14H,2-3,6-7H2,1H3,(H,12,13). The Balaban J connectivity index is 2.38. The Kier molecular flexibility index (Phi) is 4.78. The lowest BCUT2D eigenvalue weighted by atomic mass is 10.4. The summed E-state index contributed by atoms with van der Waals surface area (Å²) in [5.74, 6) is 0.847. The molecule has 0 saturated carbocycles. The molecule has 0 unspecified atom stereocenters. The fourth-order valence-corrected chi connectivity index (χ4v) is 1.10. The molecule has 1 heterocycles. The summed E-state index contributed by atoms with van der Waals surface area (Å²) in [4.78, 5) is 4.21. The first kappa shape index (κ1) is 10.8. The predicted octanol–water partition coefficient (Wildman–Crippen LogP) is 1.31. The van der Waals surface area contributed by atoms with Crippen molar-refractivity contribution in [2.45, 2.75) is 13.3 Å². The van der Waals surface area contributed by atoms with Crippen LogP contribution in [0.2, 0.25) is 0 Å². The summed E-state index contributed by atoms with van der Waals surface area (Å²) in [6, 6.07) is 3.91. The summed E-state index contributed by atoms with van der Waals surface area (Å²) in [6.45, 7) is 3.92. The summed E-state index contributed by atoms with van der Waals surface area (Å²) >= 11 is 0. The van der Waals surface area contributed by atoms with E-state index in [1.54, 1.807) is 6.20 Å². The van der Waals surface area contributed by atoms with Crippen LogP contribution in [0.4, 0.5) is 11.5 Å². The zero-order valence-corrected chi connectivity index (χ0v) is 8.45. The maximum absolute atomic E-state index is 8.59. The Bertz CT molecular complexity index is 248. The van der Waals surface area contributed by atoms with E-state index in [1.165, 1.54) is 0 Å². The Morgan fingerprint density at radius 2 is 2.21 bits per heavy atom. The molecule has 0 bridgehead atoms. The zero-order chi connectivity index (χ0) is 10.2. The number of hydrogen-bond acceptors (Lipinski definition) is 4. The van der Waals surface area contributed by atoms with E-state index in [0.29, 0.717) is 0 Å². The number of aliphatic hydroxyl groups is 1. The molecule has 0 aliphatic heterocycles. The SMILES string of the molecule is CCNc1ccc(NCCCO)nc1. The van der Waals surface area contributed by atoms with E-state index in [4.69, 9.17) is 5.11 Å². The fourth-order valence-electron chi connectivity index (χ4n) is 1.10. The average molecular weight is 195 g/mol. The number of nitrogens with one attached hydrogen (secondary N) is 2. The molecule has 0 aliphatic rings. The van der Waals surface area contributed by atoms with Crippen molar-refractivity contribution in [1.29, 1.82) is 0 Å². The van der Waals surface area contributed by atoms with Gasteiger partial charge in [0.2, 0.25) is 0 Å². The molecule has 0 aliphatic carbocycles. The third kappa shape index (κ3) is 3.62. The van der Waals surface area contributed by atoms with Crippen molar-refractivity contribution in [2.75, 3.05) is 30.3 Å². The number of nitrogens with zero attached hydrogens (tertiary/aromatic N) is 1. The van der Waals surface area contributed by atoms with Crippen LogP contribution in [0, 0.1) is 0 Å². The predicted molar refractivity (Wildman–Crippen MR) is 58.6 cm³/mol. The van der Waals surface area contributed by atoms with Gasteiger partial charge in [-0.2, -0.15) is 0 Å². The third-order valence-electron chi connectivity index (χ3n) is 1.79. The molecule has 0 saturated heterocycles. The molecular formula is C10H17N3O. The molecule has 0 atom stereocenters. The van der Waals surface area contributed by atoms with Gasteiger partial charge in [0.1, 0.15) is 5.82 Å². The summed E-state index contributed by atoms with van der Waals surface area (Å²) in [7, 11) is 0. The van der Waals surface area contributed by atoms with Crippen LogP contribution in [-0.2, 0) is 0 Å². The van der Waals surface area contributed by atoms with E-state index < -0.39 is 0 Å². The highest BCUT2D eigenvalue weighted by atomic mass is 16.3. The number of aromatic nitrogens is 1. The molecule has 1 aromatic rings. The molecular weight excluding hydrogens is 178 g/mol. The molecule has 78 valence electrons. The third-order valence-corrected chi connectivity index (χ3v) is 1.79. The van der Waals surface area contributed by atoms with Crippen molar-refractivity contribution in [3.8, 4) is 0 Å². The van der Waals surface area contributed by atoms with Crippen molar-refractivity contribution in [2.24, 2.45) is 0 Å². The minimum absolute atomic E-state index is 0.211. The first-order valence-corrected chi connectivity index (χ1v) is 4.91. The lowest BCUT2D eigenvalue weighted by Gasteiger charge is -2.06. The Labute approximate surface area is 84.4 Å². The van der Waals surface area contributed by atoms with Gasteiger partial charge in [0.15, 0.2) is 0 Å². The van der Waals surface area contributed by atoms with Gasteiger partial charge in [0, 0.05) is 19.7 Å². The first-order valence-electron chi connectivity index (χ1n) is 4.91. The van der Waals surface area contributed by atoms with Gasteiger partial charge in [0.25, 0.3) is 0 Å².